The van der Waals surface area contributed by atoms with Crippen LogP contribution in [0.2, 0.25) is 0 Å². The van der Waals surface area contributed by atoms with Gasteiger partial charge in [0, 0.05) is 28.3 Å². The largest absolute Gasteiger partial charge is 0.508 e. The maximum atomic E-state index is 12.4. The number of para-hydroxylation sites is 1. The predicted octanol–water partition coefficient (Wildman–Crippen LogP) is 4.19. The molecule has 0 aromatic heterocycles. The highest BCUT2D eigenvalue weighted by atomic mass is 16.6. The zero-order valence-corrected chi connectivity index (χ0v) is 13.4. The first kappa shape index (κ1) is 14.6. The maximum Gasteiger partial charge on any atom is 0.335 e. The third-order valence-corrected chi connectivity index (χ3v) is 4.50. The molecule has 1 unspecified atom stereocenters. The molecule has 0 amide bonds. The number of carbonyl (C=O) groups is 1. The lowest BCUT2D eigenvalue weighted by Gasteiger charge is -2.37. The first-order chi connectivity index (χ1) is 11.6. The van der Waals surface area contributed by atoms with Gasteiger partial charge in [-0.2, -0.15) is 0 Å². The van der Waals surface area contributed by atoms with Crippen molar-refractivity contribution in [1.82, 2.24) is 0 Å². The van der Waals surface area contributed by atoms with Crippen LogP contribution in [0.4, 0.5) is 0 Å². The van der Waals surface area contributed by atoms with Gasteiger partial charge < -0.3 is 14.6 Å². The normalized spacial score (nSPS) is 21.7. The van der Waals surface area contributed by atoms with E-state index in [0.29, 0.717) is 22.6 Å². The highest BCUT2D eigenvalue weighted by molar-refractivity contribution is 5.95. The van der Waals surface area contributed by atoms with Crippen LogP contribution in [0.15, 0.2) is 65.8 Å². The summed E-state index contributed by atoms with van der Waals surface area (Å²) in [5.41, 5.74) is 1.80. The fourth-order valence-corrected chi connectivity index (χ4v) is 3.45. The van der Waals surface area contributed by atoms with Crippen molar-refractivity contribution >= 4 is 5.97 Å². The van der Waals surface area contributed by atoms with Crippen LogP contribution in [0.5, 0.6) is 17.2 Å². The Morgan fingerprint density at radius 1 is 1.08 bits per heavy atom. The minimum atomic E-state index is -1.05. The number of fused-ring (bicyclic) bond motifs is 4. The Kier molecular flexibility index (Phi) is 3.03. The molecule has 4 heteroatoms. The van der Waals surface area contributed by atoms with E-state index in [1.807, 2.05) is 43.3 Å². The van der Waals surface area contributed by atoms with E-state index in [9.17, 15) is 9.90 Å². The zero-order chi connectivity index (χ0) is 16.9. The average Bonchev–Trinajstić information content (AvgIpc) is 2.81. The number of esters is 1. The summed E-state index contributed by atoms with van der Waals surface area (Å²) in [7, 11) is 0. The summed E-state index contributed by atoms with van der Waals surface area (Å²) in [5.74, 6) is 0.845. The van der Waals surface area contributed by atoms with E-state index in [4.69, 9.17) is 9.47 Å². The molecule has 2 aromatic rings. The van der Waals surface area contributed by atoms with Gasteiger partial charge in [0.25, 0.3) is 0 Å². The molecule has 24 heavy (non-hydrogen) atoms. The molecule has 120 valence electrons. The lowest BCUT2D eigenvalue weighted by Crippen LogP contribution is -2.33. The first-order valence-corrected chi connectivity index (χ1v) is 7.76. The van der Waals surface area contributed by atoms with E-state index in [2.05, 4.69) is 0 Å². The summed E-state index contributed by atoms with van der Waals surface area (Å²) in [5, 5.41) is 9.83. The predicted molar refractivity (Wildman–Crippen MR) is 89.0 cm³/mol. The van der Waals surface area contributed by atoms with Crippen molar-refractivity contribution in [3.05, 3.63) is 76.9 Å². The Bertz CT molecular complexity index is 923. The summed E-state index contributed by atoms with van der Waals surface area (Å²) >= 11 is 0. The molecule has 2 aromatic carbocycles. The van der Waals surface area contributed by atoms with Crippen molar-refractivity contribution in [3.8, 4) is 17.2 Å². The summed E-state index contributed by atoms with van der Waals surface area (Å²) in [4.78, 5) is 12.4. The van der Waals surface area contributed by atoms with Gasteiger partial charge in [-0.25, -0.2) is 4.79 Å². The minimum Gasteiger partial charge on any atom is -0.508 e. The van der Waals surface area contributed by atoms with Crippen LogP contribution in [0.25, 0.3) is 0 Å². The Balaban J connectivity index is 2.11. The second-order valence-corrected chi connectivity index (χ2v) is 5.89. The van der Waals surface area contributed by atoms with Gasteiger partial charge >= 0.3 is 5.97 Å². The van der Waals surface area contributed by atoms with Crippen molar-refractivity contribution in [2.45, 2.75) is 19.4 Å². The van der Waals surface area contributed by atoms with E-state index >= 15 is 0 Å². The van der Waals surface area contributed by atoms with Crippen molar-refractivity contribution in [2.24, 2.45) is 0 Å². The van der Waals surface area contributed by atoms with Crippen LogP contribution >= 0.6 is 0 Å². The van der Waals surface area contributed by atoms with Gasteiger partial charge in [-0.1, -0.05) is 30.4 Å². The van der Waals surface area contributed by atoms with Crippen molar-refractivity contribution in [2.75, 3.05) is 0 Å². The summed E-state index contributed by atoms with van der Waals surface area (Å²) in [6.45, 7) is 3.67. The molecule has 0 saturated heterocycles. The van der Waals surface area contributed by atoms with Crippen LogP contribution in [-0.4, -0.2) is 11.1 Å². The van der Waals surface area contributed by atoms with Crippen LogP contribution in [0.3, 0.4) is 0 Å². The van der Waals surface area contributed by atoms with Crippen molar-refractivity contribution in [3.63, 3.8) is 0 Å². The van der Waals surface area contributed by atoms with E-state index in [0.717, 1.165) is 11.1 Å². The zero-order valence-electron chi connectivity index (χ0n) is 13.4. The highest BCUT2D eigenvalue weighted by Gasteiger charge is 2.53. The summed E-state index contributed by atoms with van der Waals surface area (Å²) < 4.78 is 11.9. The summed E-state index contributed by atoms with van der Waals surface area (Å²) in [6.07, 6.45) is 3.79. The number of ether oxygens (including phenoxy) is 2. The molecule has 2 aliphatic heterocycles. The van der Waals surface area contributed by atoms with Gasteiger partial charge in [-0.15, -0.1) is 0 Å². The quantitative estimate of drug-likeness (QED) is 0.801. The Hall–Kier alpha value is -3.01. The number of aromatic hydroxyl groups is 1. The van der Waals surface area contributed by atoms with Gasteiger partial charge in [0.05, 0.1) is 0 Å². The van der Waals surface area contributed by atoms with Gasteiger partial charge in [-0.3, -0.25) is 0 Å². The monoisotopic (exact) mass is 320 g/mol. The second kappa shape index (κ2) is 4.99. The Labute approximate surface area is 139 Å². The number of rotatable bonds is 1. The second-order valence-electron chi connectivity index (χ2n) is 5.89. The van der Waals surface area contributed by atoms with E-state index < -0.39 is 5.60 Å². The lowest BCUT2D eigenvalue weighted by molar-refractivity contribution is -0.145. The molecule has 0 bridgehead atoms. The molecule has 0 radical (unpaired) electrons. The average molecular weight is 320 g/mol. The molecule has 2 aliphatic rings. The van der Waals surface area contributed by atoms with Crippen molar-refractivity contribution < 1.29 is 19.4 Å². The molecule has 2 heterocycles. The highest BCUT2D eigenvalue weighted by Crippen LogP contribution is 2.56. The number of phenolic OH excluding ortho intramolecular Hbond substituents is 1. The topological polar surface area (TPSA) is 55.8 Å². The van der Waals surface area contributed by atoms with Crippen molar-refractivity contribution in [1.29, 1.82) is 0 Å². The molecule has 1 N–H and O–H groups in total. The Morgan fingerprint density at radius 3 is 2.62 bits per heavy atom. The SMILES string of the molecule is C/C=C\C1=C(C)C(=O)OC12c1ccccc1Oc1cc(O)ccc12. The van der Waals surface area contributed by atoms with Crippen LogP contribution in [-0.2, 0) is 15.1 Å². The molecule has 1 atom stereocenters. The number of phenols is 1. The van der Waals surface area contributed by atoms with E-state index in [1.54, 1.807) is 25.1 Å². The van der Waals surface area contributed by atoms with Gasteiger partial charge in [0.2, 0.25) is 0 Å². The first-order valence-electron chi connectivity index (χ1n) is 7.76. The maximum absolute atomic E-state index is 12.4. The minimum absolute atomic E-state index is 0.0980. The molecule has 0 fully saturated rings. The molecular weight excluding hydrogens is 304 g/mol. The summed E-state index contributed by atoms with van der Waals surface area (Å²) in [6, 6.07) is 12.4. The number of hydrogen-bond donors (Lipinski definition) is 1. The van der Waals surface area contributed by atoms with Gasteiger partial charge in [0.1, 0.15) is 17.2 Å². The van der Waals surface area contributed by atoms with E-state index in [1.165, 1.54) is 0 Å². The molecule has 4 nitrogen and oxygen atoms in total. The molecule has 1 spiro atoms. The van der Waals surface area contributed by atoms with E-state index in [-0.39, 0.29) is 11.7 Å². The number of benzene rings is 2. The van der Waals surface area contributed by atoms with Gasteiger partial charge in [0.15, 0.2) is 5.60 Å². The molecular formula is C20H16O4. The van der Waals surface area contributed by atoms with Gasteiger partial charge in [-0.05, 0) is 32.0 Å². The molecule has 0 saturated carbocycles. The third kappa shape index (κ3) is 1.77. The van der Waals surface area contributed by atoms with Crippen LogP contribution in [0.1, 0.15) is 25.0 Å². The fraction of sp³-hybridized carbons (Fsp3) is 0.150. The number of hydrogen-bond acceptors (Lipinski definition) is 4. The third-order valence-electron chi connectivity index (χ3n) is 4.50. The molecule has 0 aliphatic carbocycles. The fourth-order valence-electron chi connectivity index (χ4n) is 3.45. The van der Waals surface area contributed by atoms with Crippen LogP contribution in [0, 0.1) is 0 Å². The lowest BCUT2D eigenvalue weighted by atomic mass is 9.77. The molecule has 4 rings (SSSR count). The Morgan fingerprint density at radius 2 is 1.83 bits per heavy atom. The van der Waals surface area contributed by atoms with Crippen LogP contribution < -0.4 is 4.74 Å². The smallest absolute Gasteiger partial charge is 0.335 e. The standard InChI is InChI=1S/C20H16O4/c1-3-6-14-12(2)19(22)24-20(14)15-7-4-5-8-17(15)23-18-11-13(21)9-10-16(18)20/h3-11,21H,1-2H3/b6-3-. The number of carbonyl (C=O) groups excluding carboxylic acids is 1. The number of allylic oxidation sites excluding steroid dienone is 1.